The van der Waals surface area contributed by atoms with Crippen molar-refractivity contribution in [1.82, 2.24) is 5.43 Å². The van der Waals surface area contributed by atoms with Gasteiger partial charge < -0.3 is 4.74 Å². The Labute approximate surface area is 151 Å². The Balaban J connectivity index is 1.58. The van der Waals surface area contributed by atoms with Gasteiger partial charge in [0.05, 0.1) is 6.21 Å². The van der Waals surface area contributed by atoms with Crippen LogP contribution in [0.2, 0.25) is 5.02 Å². The topological polar surface area (TPSA) is 50.7 Å². The highest BCUT2D eigenvalue weighted by Gasteiger charge is 2.14. The highest BCUT2D eigenvalue weighted by atomic mass is 35.5. The molecule has 0 fully saturated rings. The number of nitrogens with one attached hydrogen (secondary N) is 1. The SMILES string of the molecule is C[C@@H](Oc1ccc2ccccc2c1)C(=O)NN=Cc1ccc(Cl)cc1. The maximum absolute atomic E-state index is 12.1. The van der Waals surface area contributed by atoms with Crippen molar-refractivity contribution in [3.63, 3.8) is 0 Å². The number of carbonyl (C=O) groups excluding carboxylic acids is 1. The minimum Gasteiger partial charge on any atom is -0.481 e. The number of ether oxygens (including phenoxy) is 1. The minimum absolute atomic E-state index is 0.321. The lowest BCUT2D eigenvalue weighted by Gasteiger charge is -2.13. The molecule has 0 aromatic heterocycles. The molecule has 0 aliphatic heterocycles. The first-order chi connectivity index (χ1) is 12.1. The minimum atomic E-state index is -0.663. The molecule has 0 unspecified atom stereocenters. The molecule has 25 heavy (non-hydrogen) atoms. The fourth-order valence-electron chi connectivity index (χ4n) is 2.31. The van der Waals surface area contributed by atoms with E-state index < -0.39 is 6.10 Å². The molecule has 3 aromatic rings. The lowest BCUT2D eigenvalue weighted by molar-refractivity contribution is -0.127. The van der Waals surface area contributed by atoms with Crippen LogP contribution >= 0.6 is 11.6 Å². The fourth-order valence-corrected chi connectivity index (χ4v) is 2.43. The van der Waals surface area contributed by atoms with Crippen LogP contribution in [0.1, 0.15) is 12.5 Å². The molecule has 1 amide bonds. The molecule has 0 heterocycles. The zero-order valence-corrected chi connectivity index (χ0v) is 14.4. The number of carbonyl (C=O) groups is 1. The van der Waals surface area contributed by atoms with E-state index in [0.717, 1.165) is 16.3 Å². The van der Waals surface area contributed by atoms with E-state index in [1.54, 1.807) is 25.3 Å². The van der Waals surface area contributed by atoms with Crippen LogP contribution in [0.5, 0.6) is 5.75 Å². The summed E-state index contributed by atoms with van der Waals surface area (Å²) in [6.45, 7) is 1.68. The van der Waals surface area contributed by atoms with Crippen LogP contribution in [-0.4, -0.2) is 18.2 Å². The van der Waals surface area contributed by atoms with Crippen LogP contribution in [-0.2, 0) is 4.79 Å². The van der Waals surface area contributed by atoms with Gasteiger partial charge in [-0.05, 0) is 47.5 Å². The maximum atomic E-state index is 12.1. The van der Waals surface area contributed by atoms with Gasteiger partial charge in [0.25, 0.3) is 5.91 Å². The number of nitrogens with zero attached hydrogens (tertiary/aromatic N) is 1. The third-order valence-electron chi connectivity index (χ3n) is 3.66. The van der Waals surface area contributed by atoms with E-state index >= 15 is 0 Å². The molecule has 5 heteroatoms. The zero-order chi connectivity index (χ0) is 17.6. The summed E-state index contributed by atoms with van der Waals surface area (Å²) in [7, 11) is 0. The van der Waals surface area contributed by atoms with Crippen LogP contribution < -0.4 is 10.2 Å². The predicted molar refractivity (Wildman–Crippen MR) is 101 cm³/mol. The largest absolute Gasteiger partial charge is 0.481 e. The number of benzene rings is 3. The third kappa shape index (κ3) is 4.58. The summed E-state index contributed by atoms with van der Waals surface area (Å²) in [4.78, 5) is 12.1. The monoisotopic (exact) mass is 352 g/mol. The van der Waals surface area contributed by atoms with Crippen molar-refractivity contribution in [1.29, 1.82) is 0 Å². The standard InChI is InChI=1S/C20H17ClN2O2/c1-14(20(24)23-22-13-15-6-9-18(21)10-7-15)25-19-11-8-16-4-2-3-5-17(16)12-19/h2-14H,1H3,(H,23,24)/t14-/m1/s1. The van der Waals surface area contributed by atoms with Crippen LogP contribution in [0.4, 0.5) is 0 Å². The van der Waals surface area contributed by atoms with Crippen LogP contribution in [0.3, 0.4) is 0 Å². The Hall–Kier alpha value is -2.85. The van der Waals surface area contributed by atoms with Gasteiger partial charge >= 0.3 is 0 Å². The number of fused-ring (bicyclic) bond motifs is 1. The van der Waals surface area contributed by atoms with E-state index in [0.29, 0.717) is 10.8 Å². The van der Waals surface area contributed by atoms with E-state index in [4.69, 9.17) is 16.3 Å². The van der Waals surface area contributed by atoms with Gasteiger partial charge in [0, 0.05) is 5.02 Å². The Morgan fingerprint density at radius 1 is 1.08 bits per heavy atom. The van der Waals surface area contributed by atoms with E-state index in [1.807, 2.05) is 54.6 Å². The number of hydrogen-bond donors (Lipinski definition) is 1. The summed E-state index contributed by atoms with van der Waals surface area (Å²) >= 11 is 5.82. The Kier molecular flexibility index (Phi) is 5.31. The van der Waals surface area contributed by atoms with E-state index in [1.165, 1.54) is 0 Å². The van der Waals surface area contributed by atoms with Crippen molar-refractivity contribution < 1.29 is 9.53 Å². The third-order valence-corrected chi connectivity index (χ3v) is 3.91. The van der Waals surface area contributed by atoms with Gasteiger partial charge in [-0.15, -0.1) is 0 Å². The molecule has 3 rings (SSSR count). The van der Waals surface area contributed by atoms with Gasteiger partial charge in [0.15, 0.2) is 6.10 Å². The average Bonchev–Trinajstić information content (AvgIpc) is 2.63. The average molecular weight is 353 g/mol. The molecule has 1 N–H and O–H groups in total. The highest BCUT2D eigenvalue weighted by molar-refractivity contribution is 6.30. The Bertz CT molecular complexity index is 907. The molecular weight excluding hydrogens is 336 g/mol. The van der Waals surface area contributed by atoms with E-state index in [-0.39, 0.29) is 5.91 Å². The molecule has 0 bridgehead atoms. The molecule has 0 aliphatic carbocycles. The maximum Gasteiger partial charge on any atom is 0.280 e. The molecule has 0 spiro atoms. The second kappa shape index (κ2) is 7.81. The normalized spacial score (nSPS) is 12.2. The van der Waals surface area contributed by atoms with Crippen molar-refractivity contribution >= 4 is 34.5 Å². The lowest BCUT2D eigenvalue weighted by Crippen LogP contribution is -2.33. The number of halogens is 1. The van der Waals surface area contributed by atoms with Gasteiger partial charge in [-0.3, -0.25) is 4.79 Å². The Morgan fingerprint density at radius 2 is 1.80 bits per heavy atom. The van der Waals surface area contributed by atoms with Crippen molar-refractivity contribution in [2.24, 2.45) is 5.10 Å². The molecule has 0 saturated carbocycles. The fraction of sp³-hybridized carbons (Fsp3) is 0.100. The molecule has 126 valence electrons. The van der Waals surface area contributed by atoms with Gasteiger partial charge in [0.2, 0.25) is 0 Å². The molecule has 4 nitrogen and oxygen atoms in total. The van der Waals surface area contributed by atoms with Crippen molar-refractivity contribution in [3.05, 3.63) is 77.3 Å². The summed E-state index contributed by atoms with van der Waals surface area (Å²) in [6.07, 6.45) is 0.889. The second-order valence-electron chi connectivity index (χ2n) is 5.55. The van der Waals surface area contributed by atoms with Crippen molar-refractivity contribution in [2.75, 3.05) is 0 Å². The highest BCUT2D eigenvalue weighted by Crippen LogP contribution is 2.21. The smallest absolute Gasteiger partial charge is 0.280 e. The van der Waals surface area contributed by atoms with Gasteiger partial charge in [-0.1, -0.05) is 54.1 Å². The first kappa shape index (κ1) is 17.0. The first-order valence-corrected chi connectivity index (χ1v) is 8.23. The van der Waals surface area contributed by atoms with Gasteiger partial charge in [0.1, 0.15) is 5.75 Å². The molecule has 1 atom stereocenters. The first-order valence-electron chi connectivity index (χ1n) is 7.86. The van der Waals surface area contributed by atoms with Gasteiger partial charge in [-0.2, -0.15) is 5.10 Å². The molecule has 0 aliphatic rings. The number of amides is 1. The van der Waals surface area contributed by atoms with Crippen LogP contribution in [0, 0.1) is 0 Å². The quantitative estimate of drug-likeness (QED) is 0.546. The predicted octanol–water partition coefficient (Wildman–Crippen LogP) is 4.41. The van der Waals surface area contributed by atoms with E-state index in [2.05, 4.69) is 10.5 Å². The summed E-state index contributed by atoms with van der Waals surface area (Å²) in [5.41, 5.74) is 3.32. The second-order valence-corrected chi connectivity index (χ2v) is 5.99. The molecule has 0 radical (unpaired) electrons. The van der Waals surface area contributed by atoms with Crippen LogP contribution in [0.25, 0.3) is 10.8 Å². The summed E-state index contributed by atoms with van der Waals surface area (Å²) in [5, 5.41) is 6.78. The molecular formula is C20H17ClN2O2. The summed E-state index contributed by atoms with van der Waals surface area (Å²) in [6, 6.07) is 20.9. The summed E-state index contributed by atoms with van der Waals surface area (Å²) in [5.74, 6) is 0.321. The van der Waals surface area contributed by atoms with Crippen LogP contribution in [0.15, 0.2) is 71.8 Å². The van der Waals surface area contributed by atoms with E-state index in [9.17, 15) is 4.79 Å². The summed E-state index contributed by atoms with van der Waals surface area (Å²) < 4.78 is 5.70. The van der Waals surface area contributed by atoms with Gasteiger partial charge in [-0.25, -0.2) is 5.43 Å². The Morgan fingerprint density at radius 3 is 2.56 bits per heavy atom. The molecule has 3 aromatic carbocycles. The van der Waals surface area contributed by atoms with Crippen molar-refractivity contribution in [3.8, 4) is 5.75 Å². The number of hydrogen-bond acceptors (Lipinski definition) is 3. The number of rotatable bonds is 5. The van der Waals surface area contributed by atoms with Crippen molar-refractivity contribution in [2.45, 2.75) is 13.0 Å². The zero-order valence-electron chi connectivity index (χ0n) is 13.6. The number of hydrazone groups is 1. The lowest BCUT2D eigenvalue weighted by atomic mass is 10.1. The molecule has 0 saturated heterocycles.